The lowest BCUT2D eigenvalue weighted by Crippen LogP contribution is -2.47. The maximum atomic E-state index is 13.1. The van der Waals surface area contributed by atoms with Crippen LogP contribution in [-0.2, 0) is 9.59 Å². The van der Waals surface area contributed by atoms with Crippen LogP contribution in [0.4, 0.5) is 21.9 Å². The average Bonchev–Trinajstić information content (AvgIpc) is 3.31. The molecule has 7 nitrogen and oxygen atoms in total. The molecule has 2 aromatic carbocycles. The molecule has 0 atom stereocenters. The smallest absolute Gasteiger partial charge is 0.325 e. The minimum atomic E-state index is -0.801. The number of carbonyl (C=O) groups excluding carboxylic acids is 3. The second-order valence-corrected chi connectivity index (χ2v) is 8.51. The molecule has 1 aliphatic heterocycles. The van der Waals surface area contributed by atoms with Crippen LogP contribution < -0.4 is 15.5 Å². The zero-order chi connectivity index (χ0) is 22.0. The van der Waals surface area contributed by atoms with Crippen molar-refractivity contribution in [2.75, 3.05) is 16.8 Å². The highest BCUT2D eigenvalue weighted by Crippen LogP contribution is 2.35. The summed E-state index contributed by atoms with van der Waals surface area (Å²) in [4.78, 5) is 41.2. The quantitative estimate of drug-likeness (QED) is 0.691. The van der Waals surface area contributed by atoms with Gasteiger partial charge < -0.3 is 15.5 Å². The number of nitrogens with zero attached hydrogens (tertiary/aromatic N) is 2. The van der Waals surface area contributed by atoms with Gasteiger partial charge in [0.1, 0.15) is 12.1 Å². The first kappa shape index (κ1) is 20.9. The molecule has 4 rings (SSSR count). The van der Waals surface area contributed by atoms with E-state index in [1.807, 2.05) is 68.4 Å². The Bertz CT molecular complexity index is 966. The third kappa shape index (κ3) is 4.13. The molecular formula is C24H28N4O3. The van der Waals surface area contributed by atoms with Gasteiger partial charge in [0, 0.05) is 23.1 Å². The second kappa shape index (κ2) is 8.41. The van der Waals surface area contributed by atoms with Gasteiger partial charge in [-0.15, -0.1) is 0 Å². The van der Waals surface area contributed by atoms with E-state index in [0.29, 0.717) is 12.8 Å². The summed E-state index contributed by atoms with van der Waals surface area (Å²) in [5.41, 5.74) is 1.81. The number of amides is 4. The maximum Gasteiger partial charge on any atom is 0.325 e. The second-order valence-electron chi connectivity index (χ2n) is 8.51. The third-order valence-corrected chi connectivity index (χ3v) is 5.99. The number of hydrogen-bond acceptors (Lipinski definition) is 4. The van der Waals surface area contributed by atoms with Gasteiger partial charge in [-0.1, -0.05) is 31.0 Å². The van der Waals surface area contributed by atoms with Crippen molar-refractivity contribution in [3.63, 3.8) is 0 Å². The molecular weight excluding hydrogens is 392 g/mol. The van der Waals surface area contributed by atoms with Crippen LogP contribution in [0, 0.1) is 0 Å². The maximum absolute atomic E-state index is 13.1. The van der Waals surface area contributed by atoms with Crippen LogP contribution in [0.15, 0.2) is 54.6 Å². The van der Waals surface area contributed by atoms with Crippen molar-refractivity contribution in [3.8, 4) is 0 Å². The topological polar surface area (TPSA) is 81.8 Å². The van der Waals surface area contributed by atoms with E-state index >= 15 is 0 Å². The fraction of sp³-hybridized carbons (Fsp3) is 0.375. The Morgan fingerprint density at radius 1 is 1.03 bits per heavy atom. The summed E-state index contributed by atoms with van der Waals surface area (Å²) in [6.07, 6.45) is 3.11. The van der Waals surface area contributed by atoms with Gasteiger partial charge in [0.05, 0.1) is 0 Å². The average molecular weight is 421 g/mol. The van der Waals surface area contributed by atoms with Gasteiger partial charge in [0.15, 0.2) is 0 Å². The lowest BCUT2D eigenvalue weighted by Gasteiger charge is -2.29. The molecule has 1 spiro atoms. The van der Waals surface area contributed by atoms with Gasteiger partial charge >= 0.3 is 6.03 Å². The van der Waals surface area contributed by atoms with Crippen LogP contribution in [0.1, 0.15) is 39.5 Å². The van der Waals surface area contributed by atoms with Crippen molar-refractivity contribution in [1.29, 1.82) is 0 Å². The van der Waals surface area contributed by atoms with E-state index in [-0.39, 0.29) is 24.4 Å². The molecule has 7 heteroatoms. The van der Waals surface area contributed by atoms with Gasteiger partial charge in [0.25, 0.3) is 5.91 Å². The fourth-order valence-electron chi connectivity index (χ4n) is 4.47. The first-order chi connectivity index (χ1) is 14.9. The van der Waals surface area contributed by atoms with Crippen molar-refractivity contribution in [2.24, 2.45) is 0 Å². The Hall–Kier alpha value is -3.35. The first-order valence-corrected chi connectivity index (χ1v) is 10.8. The summed E-state index contributed by atoms with van der Waals surface area (Å²) in [6.45, 7) is 3.57. The molecule has 2 aromatic rings. The van der Waals surface area contributed by atoms with Crippen LogP contribution in [-0.4, -0.2) is 40.9 Å². The van der Waals surface area contributed by atoms with Crippen molar-refractivity contribution in [3.05, 3.63) is 54.6 Å². The van der Waals surface area contributed by atoms with E-state index in [0.717, 1.165) is 34.8 Å². The molecule has 31 heavy (non-hydrogen) atoms. The summed E-state index contributed by atoms with van der Waals surface area (Å²) in [6, 6.07) is 16.8. The third-order valence-electron chi connectivity index (χ3n) is 5.99. The van der Waals surface area contributed by atoms with Crippen LogP contribution in [0.5, 0.6) is 0 Å². The Morgan fingerprint density at radius 2 is 1.65 bits per heavy atom. The van der Waals surface area contributed by atoms with Gasteiger partial charge in [0.2, 0.25) is 5.91 Å². The molecule has 1 aliphatic carbocycles. The van der Waals surface area contributed by atoms with Crippen LogP contribution in [0.2, 0.25) is 0 Å². The molecule has 1 heterocycles. The number of anilines is 3. The number of rotatable bonds is 6. The van der Waals surface area contributed by atoms with Gasteiger partial charge in [-0.25, -0.2) is 4.79 Å². The van der Waals surface area contributed by atoms with Gasteiger partial charge in [-0.05, 0) is 63.1 Å². The van der Waals surface area contributed by atoms with Gasteiger partial charge in [-0.2, -0.15) is 0 Å². The van der Waals surface area contributed by atoms with Crippen molar-refractivity contribution in [1.82, 2.24) is 10.2 Å². The predicted molar refractivity (Wildman–Crippen MR) is 120 cm³/mol. The number of hydrogen-bond donors (Lipinski definition) is 2. The SMILES string of the molecule is CC(C)N(C(=O)CN1C(=O)NC2(CCCC2)C1=O)c1ccc(Nc2ccccc2)cc1. The molecule has 162 valence electrons. The summed E-state index contributed by atoms with van der Waals surface area (Å²) in [7, 11) is 0. The molecule has 0 radical (unpaired) electrons. The number of urea groups is 1. The zero-order valence-electron chi connectivity index (χ0n) is 17.9. The van der Waals surface area contributed by atoms with Gasteiger partial charge in [-0.3, -0.25) is 14.5 Å². The number of benzene rings is 2. The highest BCUT2D eigenvalue weighted by Gasteiger charge is 2.52. The largest absolute Gasteiger partial charge is 0.356 e. The van der Waals surface area contributed by atoms with Crippen LogP contribution in [0.3, 0.4) is 0 Å². The predicted octanol–water partition coefficient (Wildman–Crippen LogP) is 4.04. The highest BCUT2D eigenvalue weighted by atomic mass is 16.2. The molecule has 1 saturated heterocycles. The Balaban J connectivity index is 1.48. The Morgan fingerprint density at radius 3 is 2.26 bits per heavy atom. The normalized spacial score (nSPS) is 17.3. The number of carbonyl (C=O) groups is 3. The molecule has 2 N–H and O–H groups in total. The van der Waals surface area contributed by atoms with Crippen molar-refractivity contribution in [2.45, 2.75) is 51.1 Å². The molecule has 2 aliphatic rings. The lowest BCUT2D eigenvalue weighted by molar-refractivity contribution is -0.134. The lowest BCUT2D eigenvalue weighted by atomic mass is 9.98. The standard InChI is InChI=1S/C24H28N4O3/c1-17(2)28(20-12-10-19(11-13-20)25-18-8-4-3-5-9-18)21(29)16-27-22(30)24(26-23(27)31)14-6-7-15-24/h3-5,8-13,17,25H,6-7,14-16H2,1-2H3,(H,26,31). The fourth-order valence-corrected chi connectivity index (χ4v) is 4.47. The summed E-state index contributed by atoms with van der Waals surface area (Å²) >= 11 is 0. The molecule has 2 fully saturated rings. The number of imide groups is 1. The number of para-hydroxylation sites is 1. The monoisotopic (exact) mass is 420 g/mol. The minimum Gasteiger partial charge on any atom is -0.356 e. The Kier molecular flexibility index (Phi) is 5.67. The van der Waals surface area contributed by atoms with Crippen molar-refractivity contribution >= 4 is 34.9 Å². The van der Waals surface area contributed by atoms with E-state index < -0.39 is 11.6 Å². The molecule has 0 bridgehead atoms. The first-order valence-electron chi connectivity index (χ1n) is 10.8. The molecule has 0 unspecified atom stereocenters. The van der Waals surface area contributed by atoms with E-state index in [4.69, 9.17) is 0 Å². The highest BCUT2D eigenvalue weighted by molar-refractivity contribution is 6.10. The number of nitrogens with one attached hydrogen (secondary N) is 2. The summed E-state index contributed by atoms with van der Waals surface area (Å²) in [5.74, 6) is -0.549. The zero-order valence-corrected chi connectivity index (χ0v) is 17.9. The summed E-state index contributed by atoms with van der Waals surface area (Å²) in [5, 5.41) is 6.15. The van der Waals surface area contributed by atoms with Crippen LogP contribution >= 0.6 is 0 Å². The van der Waals surface area contributed by atoms with E-state index in [1.165, 1.54) is 0 Å². The minimum absolute atomic E-state index is 0.123. The van der Waals surface area contributed by atoms with E-state index in [9.17, 15) is 14.4 Å². The Labute approximate surface area is 182 Å². The van der Waals surface area contributed by atoms with Crippen molar-refractivity contribution < 1.29 is 14.4 Å². The molecule has 0 aromatic heterocycles. The van der Waals surface area contributed by atoms with Crippen LogP contribution in [0.25, 0.3) is 0 Å². The summed E-state index contributed by atoms with van der Waals surface area (Å²) < 4.78 is 0. The molecule has 4 amide bonds. The van der Waals surface area contributed by atoms with E-state index in [1.54, 1.807) is 4.90 Å². The molecule has 1 saturated carbocycles. The van der Waals surface area contributed by atoms with E-state index in [2.05, 4.69) is 10.6 Å².